The minimum atomic E-state index is -4.55. The highest BCUT2D eigenvalue weighted by Crippen LogP contribution is 2.30. The molecule has 0 radical (unpaired) electrons. The van der Waals surface area contributed by atoms with Crippen LogP contribution in [-0.4, -0.2) is 56.1 Å². The summed E-state index contributed by atoms with van der Waals surface area (Å²) in [5, 5.41) is 17.6. The van der Waals surface area contributed by atoms with Crippen LogP contribution in [0.5, 0.6) is 0 Å². The molecule has 1 atom stereocenters. The number of rotatable bonds is 6. The Morgan fingerprint density at radius 2 is 1.94 bits per heavy atom. The van der Waals surface area contributed by atoms with E-state index in [2.05, 4.69) is 10.2 Å². The molecule has 0 fully saturated rings. The van der Waals surface area contributed by atoms with E-state index in [-0.39, 0.29) is 13.1 Å². The second-order valence-corrected chi connectivity index (χ2v) is 9.62. The molecule has 33 heavy (non-hydrogen) atoms. The summed E-state index contributed by atoms with van der Waals surface area (Å²) in [7, 11) is -4.26. The van der Waals surface area contributed by atoms with Crippen LogP contribution in [0.1, 0.15) is 22.7 Å². The van der Waals surface area contributed by atoms with Crippen LogP contribution in [0.15, 0.2) is 47.8 Å². The van der Waals surface area contributed by atoms with Gasteiger partial charge < -0.3 is 10.0 Å². The van der Waals surface area contributed by atoms with Gasteiger partial charge >= 0.3 is 6.18 Å². The average molecular weight is 504 g/mol. The minimum Gasteiger partial charge on any atom is -0.395 e. The summed E-state index contributed by atoms with van der Waals surface area (Å²) >= 11 is 6.15. The third kappa shape index (κ3) is 4.61. The standard InChI is InChI=1S/C19H17ClF3N5O4S/c20-16-4-2-1-3-14(16)15(10-29)18(30)26-6-12-7-28(25-17(12)9-26)33(31,32)13-5-24-27(8-13)11-19(21,22)23/h1-5,7-8,15,29H,6,9-11H2/t15-/m1/s1. The summed E-state index contributed by atoms with van der Waals surface area (Å²) in [6.07, 6.45) is -1.74. The molecule has 0 unspecified atom stereocenters. The van der Waals surface area contributed by atoms with Crippen molar-refractivity contribution in [1.82, 2.24) is 23.9 Å². The maximum atomic E-state index is 13.0. The molecule has 0 aliphatic carbocycles. The lowest BCUT2D eigenvalue weighted by atomic mass is 9.98. The van der Waals surface area contributed by atoms with Gasteiger partial charge in [-0.3, -0.25) is 9.48 Å². The molecule has 4 rings (SSSR count). The predicted molar refractivity (Wildman–Crippen MR) is 109 cm³/mol. The van der Waals surface area contributed by atoms with E-state index >= 15 is 0 Å². The maximum Gasteiger partial charge on any atom is 0.408 e. The summed E-state index contributed by atoms with van der Waals surface area (Å²) in [4.78, 5) is 13.9. The van der Waals surface area contributed by atoms with Crippen molar-refractivity contribution in [3.63, 3.8) is 0 Å². The van der Waals surface area contributed by atoms with Crippen LogP contribution in [0, 0.1) is 0 Å². The number of aliphatic hydroxyl groups is 1. The highest BCUT2D eigenvalue weighted by atomic mass is 35.5. The molecular weight excluding hydrogens is 487 g/mol. The number of amides is 1. The van der Waals surface area contributed by atoms with Gasteiger partial charge in [0.2, 0.25) is 5.91 Å². The number of carbonyl (C=O) groups is 1. The van der Waals surface area contributed by atoms with E-state index in [1.807, 2.05) is 0 Å². The number of aromatic nitrogens is 4. The summed E-state index contributed by atoms with van der Waals surface area (Å²) in [5.74, 6) is -1.29. The van der Waals surface area contributed by atoms with Gasteiger partial charge in [0.1, 0.15) is 11.4 Å². The Balaban J connectivity index is 1.51. The molecule has 0 saturated heterocycles. The zero-order chi connectivity index (χ0) is 24.0. The molecule has 3 heterocycles. The highest BCUT2D eigenvalue weighted by Gasteiger charge is 2.34. The van der Waals surface area contributed by atoms with Crippen molar-refractivity contribution < 1.29 is 31.5 Å². The molecule has 1 aliphatic rings. The Bertz CT molecular complexity index is 1280. The zero-order valence-electron chi connectivity index (χ0n) is 16.8. The Morgan fingerprint density at radius 1 is 1.21 bits per heavy atom. The highest BCUT2D eigenvalue weighted by molar-refractivity contribution is 7.89. The van der Waals surface area contributed by atoms with Crippen molar-refractivity contribution in [2.75, 3.05) is 6.61 Å². The number of fused-ring (bicyclic) bond motifs is 1. The van der Waals surface area contributed by atoms with E-state index in [4.69, 9.17) is 11.6 Å². The van der Waals surface area contributed by atoms with Gasteiger partial charge in [-0.1, -0.05) is 29.8 Å². The summed E-state index contributed by atoms with van der Waals surface area (Å²) in [5.41, 5.74) is 1.26. The van der Waals surface area contributed by atoms with Gasteiger partial charge in [0.05, 0.1) is 31.0 Å². The number of hydrogen-bond donors (Lipinski definition) is 1. The number of aliphatic hydroxyl groups excluding tert-OH is 1. The lowest BCUT2D eigenvalue weighted by Crippen LogP contribution is -2.33. The van der Waals surface area contributed by atoms with E-state index in [0.717, 1.165) is 12.4 Å². The van der Waals surface area contributed by atoms with Crippen LogP contribution in [0.3, 0.4) is 0 Å². The summed E-state index contributed by atoms with van der Waals surface area (Å²) in [6.45, 7) is -1.83. The fourth-order valence-corrected chi connectivity index (χ4v) is 4.94. The Labute approximate surface area is 191 Å². The van der Waals surface area contributed by atoms with E-state index in [0.29, 0.717) is 30.6 Å². The van der Waals surface area contributed by atoms with Crippen LogP contribution in [0.25, 0.3) is 0 Å². The van der Waals surface area contributed by atoms with Gasteiger partial charge in [-0.05, 0) is 11.6 Å². The van der Waals surface area contributed by atoms with E-state index < -0.39 is 46.1 Å². The van der Waals surface area contributed by atoms with Gasteiger partial charge in [0.15, 0.2) is 0 Å². The average Bonchev–Trinajstić information content (AvgIpc) is 3.43. The molecule has 3 aromatic rings. The molecule has 14 heteroatoms. The normalized spacial score (nSPS) is 15.0. The third-order valence-electron chi connectivity index (χ3n) is 5.13. The fourth-order valence-electron chi connectivity index (χ4n) is 3.55. The molecule has 1 amide bonds. The topological polar surface area (TPSA) is 110 Å². The minimum absolute atomic E-state index is 0.00494. The van der Waals surface area contributed by atoms with Crippen molar-refractivity contribution in [1.29, 1.82) is 0 Å². The number of hydrogen-bond acceptors (Lipinski definition) is 6. The Hall–Kier alpha value is -2.90. The molecule has 0 bridgehead atoms. The molecule has 1 N–H and O–H groups in total. The fraction of sp³-hybridized carbons (Fsp3) is 0.316. The quantitative estimate of drug-likeness (QED) is 0.552. The number of carbonyl (C=O) groups excluding carboxylic acids is 1. The first kappa shape index (κ1) is 23.3. The lowest BCUT2D eigenvalue weighted by molar-refractivity contribution is -0.142. The Morgan fingerprint density at radius 3 is 2.58 bits per heavy atom. The van der Waals surface area contributed by atoms with E-state index in [1.165, 1.54) is 11.1 Å². The number of nitrogens with zero attached hydrogens (tertiary/aromatic N) is 5. The van der Waals surface area contributed by atoms with Gasteiger partial charge in [-0.2, -0.15) is 35.9 Å². The number of benzene rings is 1. The van der Waals surface area contributed by atoms with Crippen molar-refractivity contribution in [3.05, 3.63) is 64.7 Å². The van der Waals surface area contributed by atoms with Crippen LogP contribution >= 0.6 is 11.6 Å². The SMILES string of the molecule is O=C([C@H](CO)c1ccccc1Cl)N1Cc2cn(S(=O)(=O)c3cnn(CC(F)(F)F)c3)nc2C1. The van der Waals surface area contributed by atoms with Crippen LogP contribution in [0.2, 0.25) is 5.02 Å². The van der Waals surface area contributed by atoms with Gasteiger partial charge in [0.25, 0.3) is 10.0 Å². The van der Waals surface area contributed by atoms with Gasteiger partial charge in [-0.25, -0.2) is 0 Å². The predicted octanol–water partition coefficient (Wildman–Crippen LogP) is 2.15. The molecule has 2 aromatic heterocycles. The van der Waals surface area contributed by atoms with Gasteiger partial charge in [0, 0.05) is 29.5 Å². The molecule has 0 spiro atoms. The number of alkyl halides is 3. The summed E-state index contributed by atoms with van der Waals surface area (Å²) < 4.78 is 64.2. The molecule has 1 aromatic carbocycles. The lowest BCUT2D eigenvalue weighted by Gasteiger charge is -2.22. The van der Waals surface area contributed by atoms with Crippen molar-refractivity contribution in [2.24, 2.45) is 0 Å². The van der Waals surface area contributed by atoms with E-state index in [9.17, 15) is 31.5 Å². The second kappa shape index (κ2) is 8.47. The molecule has 0 saturated carbocycles. The maximum absolute atomic E-state index is 13.0. The molecule has 9 nitrogen and oxygen atoms in total. The van der Waals surface area contributed by atoms with Crippen LogP contribution < -0.4 is 0 Å². The first-order chi connectivity index (χ1) is 15.5. The smallest absolute Gasteiger partial charge is 0.395 e. The van der Waals surface area contributed by atoms with Crippen molar-refractivity contribution >= 4 is 27.5 Å². The van der Waals surface area contributed by atoms with Crippen molar-refractivity contribution in [2.45, 2.75) is 36.6 Å². The zero-order valence-corrected chi connectivity index (χ0v) is 18.3. The van der Waals surface area contributed by atoms with Crippen molar-refractivity contribution in [3.8, 4) is 0 Å². The Kier molecular flexibility index (Phi) is 5.97. The summed E-state index contributed by atoms with van der Waals surface area (Å²) in [6, 6.07) is 6.65. The number of halogens is 4. The largest absolute Gasteiger partial charge is 0.408 e. The first-order valence-corrected chi connectivity index (χ1v) is 11.4. The monoisotopic (exact) mass is 503 g/mol. The van der Waals surface area contributed by atoms with Crippen LogP contribution in [-0.2, 0) is 34.5 Å². The molecular formula is C19H17ClF3N5O4S. The van der Waals surface area contributed by atoms with Gasteiger partial charge in [-0.15, -0.1) is 0 Å². The first-order valence-electron chi connectivity index (χ1n) is 9.56. The third-order valence-corrected chi connectivity index (χ3v) is 6.96. The van der Waals surface area contributed by atoms with Crippen LogP contribution in [0.4, 0.5) is 13.2 Å². The second-order valence-electron chi connectivity index (χ2n) is 7.42. The molecule has 176 valence electrons. The molecule has 1 aliphatic heterocycles. The van der Waals surface area contributed by atoms with E-state index in [1.54, 1.807) is 24.3 Å².